The molecular weight excluding hydrogens is 580 g/mol. The molecule has 0 unspecified atom stereocenters. The van der Waals surface area contributed by atoms with E-state index in [0.29, 0.717) is 34.4 Å². The van der Waals surface area contributed by atoms with Gasteiger partial charge in [0.1, 0.15) is 0 Å². The van der Waals surface area contributed by atoms with Crippen molar-refractivity contribution in [2.45, 2.75) is 53.4 Å². The molecule has 2 aromatic carbocycles. The lowest BCUT2D eigenvalue weighted by molar-refractivity contribution is 0.355. The molecule has 0 saturated carbocycles. The molecule has 0 aromatic heterocycles. The molecule has 10 heteroatoms. The molecule has 0 spiro atoms. The molecule has 5 rings (SSSR count). The number of aliphatic imine (C=N–C) groups is 4. The number of hydrogen-bond donors (Lipinski definition) is 2. The van der Waals surface area contributed by atoms with Crippen molar-refractivity contribution in [3.05, 3.63) is 70.4 Å². The van der Waals surface area contributed by atoms with E-state index in [4.69, 9.17) is 38.9 Å². The fraction of sp³-hybridized carbons (Fsp3) is 0.333. The van der Waals surface area contributed by atoms with Gasteiger partial charge in [0.05, 0.1) is 86.4 Å². The standard InChI is InChI=1S/C36H42N6O4/c1-9-21-22(10-2)30-18-38-27-15-35(45-7)36(46-8)16-28(27)40-20-32-24(12-4)23(11-3)31(42-32)19-39-26-14-34(44-6)33(43-5)13-25(26)37-17-29(21)41-30/h13-20,37,40H,9-12H2,1-8H3. The van der Waals surface area contributed by atoms with Gasteiger partial charge in [-0.25, -0.2) is 9.98 Å². The maximum absolute atomic E-state index is 5.62. The third-order valence-corrected chi connectivity index (χ3v) is 8.25. The second kappa shape index (κ2) is 14.3. The monoisotopic (exact) mass is 622 g/mol. The van der Waals surface area contributed by atoms with Crippen molar-refractivity contribution in [1.82, 2.24) is 0 Å². The fourth-order valence-electron chi connectivity index (χ4n) is 5.91. The Morgan fingerprint density at radius 3 is 1.17 bits per heavy atom. The predicted octanol–water partition coefficient (Wildman–Crippen LogP) is 8.49. The highest BCUT2D eigenvalue weighted by Gasteiger charge is 2.23. The Balaban J connectivity index is 1.74. The summed E-state index contributed by atoms with van der Waals surface area (Å²) in [4.78, 5) is 19.9. The van der Waals surface area contributed by atoms with Gasteiger partial charge in [-0.05, 0) is 48.0 Å². The summed E-state index contributed by atoms with van der Waals surface area (Å²) in [7, 11) is 6.47. The first-order valence-electron chi connectivity index (χ1n) is 15.6. The molecule has 4 bridgehead atoms. The topological polar surface area (TPSA) is 110 Å². The number of nitrogens with zero attached hydrogens (tertiary/aromatic N) is 4. The average Bonchev–Trinajstić information content (AvgIpc) is 3.62. The van der Waals surface area contributed by atoms with E-state index >= 15 is 0 Å². The maximum atomic E-state index is 5.62. The molecule has 3 heterocycles. The molecule has 10 nitrogen and oxygen atoms in total. The van der Waals surface area contributed by atoms with Gasteiger partial charge in [-0.3, -0.25) is 9.98 Å². The molecule has 0 atom stereocenters. The van der Waals surface area contributed by atoms with E-state index in [1.54, 1.807) is 28.4 Å². The summed E-state index contributed by atoms with van der Waals surface area (Å²) in [6.45, 7) is 8.55. The highest BCUT2D eigenvalue weighted by atomic mass is 16.5. The van der Waals surface area contributed by atoms with E-state index < -0.39 is 0 Å². The van der Waals surface area contributed by atoms with Crippen molar-refractivity contribution in [3.63, 3.8) is 0 Å². The Hall–Kier alpha value is -5.12. The van der Waals surface area contributed by atoms with E-state index in [1.807, 2.05) is 49.1 Å². The Morgan fingerprint density at radius 2 is 0.848 bits per heavy atom. The smallest absolute Gasteiger partial charge is 0.163 e. The summed E-state index contributed by atoms with van der Waals surface area (Å²) in [6.07, 6.45) is 10.7. The SMILES string of the molecule is CCC1=C(CC)C2=NC1=CNc1cc(OC)c(OC)cc1N=CC1=NC(=CNc3cc(OC)c(OC)cc3N=C2)C(CC)=C1CC. The summed E-state index contributed by atoms with van der Waals surface area (Å²) in [6, 6.07) is 7.49. The first-order valence-corrected chi connectivity index (χ1v) is 15.6. The lowest BCUT2D eigenvalue weighted by Gasteiger charge is -2.13. The molecule has 0 fully saturated rings. The highest BCUT2D eigenvalue weighted by Crippen LogP contribution is 2.41. The Bertz CT molecular complexity index is 1650. The van der Waals surface area contributed by atoms with Crippen molar-refractivity contribution in [2.24, 2.45) is 20.0 Å². The highest BCUT2D eigenvalue weighted by molar-refractivity contribution is 6.41. The van der Waals surface area contributed by atoms with Gasteiger partial charge in [0.2, 0.25) is 0 Å². The van der Waals surface area contributed by atoms with E-state index in [0.717, 1.165) is 82.2 Å². The van der Waals surface area contributed by atoms with Crippen LogP contribution < -0.4 is 29.6 Å². The van der Waals surface area contributed by atoms with Crippen LogP contribution in [0, 0.1) is 0 Å². The molecule has 2 aromatic rings. The number of nitrogens with one attached hydrogen (secondary N) is 2. The molecule has 0 amide bonds. The van der Waals surface area contributed by atoms with Crippen LogP contribution in [0.15, 0.2) is 90.3 Å². The summed E-state index contributed by atoms with van der Waals surface area (Å²) < 4.78 is 22.5. The van der Waals surface area contributed by atoms with Gasteiger partial charge in [0, 0.05) is 36.7 Å². The molecule has 0 aliphatic carbocycles. The van der Waals surface area contributed by atoms with Crippen molar-refractivity contribution in [3.8, 4) is 23.0 Å². The lowest BCUT2D eigenvalue weighted by Crippen LogP contribution is -2.02. The normalized spacial score (nSPS) is 15.8. The number of anilines is 2. The molecular formula is C36H42N6O4. The molecule has 0 saturated heterocycles. The van der Waals surface area contributed by atoms with Gasteiger partial charge >= 0.3 is 0 Å². The van der Waals surface area contributed by atoms with Gasteiger partial charge in [0.15, 0.2) is 23.0 Å². The zero-order chi connectivity index (χ0) is 32.8. The Labute approximate surface area is 271 Å². The summed E-state index contributed by atoms with van der Waals surface area (Å²) in [5, 5.41) is 6.92. The molecule has 3 aliphatic rings. The van der Waals surface area contributed by atoms with Crippen LogP contribution in [-0.2, 0) is 0 Å². The van der Waals surface area contributed by atoms with Crippen LogP contribution in [0.5, 0.6) is 23.0 Å². The number of allylic oxidation sites excluding steroid dienone is 4. The minimum atomic E-state index is 0.583. The van der Waals surface area contributed by atoms with E-state index in [1.165, 1.54) is 0 Å². The summed E-state index contributed by atoms with van der Waals surface area (Å²) >= 11 is 0. The van der Waals surface area contributed by atoms with E-state index in [-0.39, 0.29) is 0 Å². The van der Waals surface area contributed by atoms with Crippen LogP contribution in [-0.4, -0.2) is 52.3 Å². The second-order valence-corrected chi connectivity index (χ2v) is 10.6. The van der Waals surface area contributed by atoms with Gasteiger partial charge in [0.25, 0.3) is 0 Å². The first kappa shape index (κ1) is 32.3. The molecule has 2 N–H and O–H groups in total. The fourth-order valence-corrected chi connectivity index (χ4v) is 5.91. The number of hydrogen-bond acceptors (Lipinski definition) is 10. The Morgan fingerprint density at radius 1 is 0.500 bits per heavy atom. The largest absolute Gasteiger partial charge is 0.493 e. The van der Waals surface area contributed by atoms with E-state index in [2.05, 4.69) is 38.3 Å². The second-order valence-electron chi connectivity index (χ2n) is 10.6. The minimum absolute atomic E-state index is 0.583. The third kappa shape index (κ3) is 6.20. The first-order chi connectivity index (χ1) is 22.4. The lowest BCUT2D eigenvalue weighted by atomic mass is 10.0. The molecule has 3 aliphatic heterocycles. The van der Waals surface area contributed by atoms with Crippen LogP contribution in [0.25, 0.3) is 0 Å². The van der Waals surface area contributed by atoms with Crippen LogP contribution in [0.3, 0.4) is 0 Å². The van der Waals surface area contributed by atoms with Gasteiger partial charge in [-0.2, -0.15) is 0 Å². The Kier molecular flexibility index (Phi) is 10.0. The zero-order valence-corrected chi connectivity index (χ0v) is 27.9. The van der Waals surface area contributed by atoms with Crippen molar-refractivity contribution in [1.29, 1.82) is 0 Å². The quantitative estimate of drug-likeness (QED) is 0.306. The number of ether oxygens (including phenoxy) is 4. The summed E-state index contributed by atoms with van der Waals surface area (Å²) in [5.74, 6) is 2.35. The number of benzene rings is 2. The average molecular weight is 623 g/mol. The van der Waals surface area contributed by atoms with Crippen LogP contribution >= 0.6 is 0 Å². The van der Waals surface area contributed by atoms with Crippen molar-refractivity contribution >= 4 is 46.6 Å². The summed E-state index contributed by atoms with van der Waals surface area (Å²) in [5.41, 5.74) is 10.8. The van der Waals surface area contributed by atoms with E-state index in [9.17, 15) is 0 Å². The van der Waals surface area contributed by atoms with Gasteiger partial charge in [-0.1, -0.05) is 27.7 Å². The van der Waals surface area contributed by atoms with Crippen molar-refractivity contribution in [2.75, 3.05) is 39.1 Å². The molecule has 240 valence electrons. The van der Waals surface area contributed by atoms with Crippen molar-refractivity contribution < 1.29 is 18.9 Å². The molecule has 46 heavy (non-hydrogen) atoms. The number of methoxy groups -OCH3 is 4. The number of rotatable bonds is 8. The molecule has 0 radical (unpaired) electrons. The zero-order valence-electron chi connectivity index (χ0n) is 27.9. The number of fused-ring (bicyclic) bond motifs is 4. The predicted molar refractivity (Wildman–Crippen MR) is 189 cm³/mol. The van der Waals surface area contributed by atoms with Crippen LogP contribution in [0.2, 0.25) is 0 Å². The van der Waals surface area contributed by atoms with Gasteiger partial charge < -0.3 is 29.6 Å². The maximum Gasteiger partial charge on any atom is 0.163 e. The van der Waals surface area contributed by atoms with Crippen LogP contribution in [0.1, 0.15) is 53.4 Å². The van der Waals surface area contributed by atoms with Gasteiger partial charge in [-0.15, -0.1) is 0 Å². The third-order valence-electron chi connectivity index (χ3n) is 8.25. The minimum Gasteiger partial charge on any atom is -0.493 e. The van der Waals surface area contributed by atoms with Crippen LogP contribution in [0.4, 0.5) is 22.7 Å².